The molecule has 0 bridgehead atoms. The molecule has 0 spiro atoms. The van der Waals surface area contributed by atoms with E-state index in [1.54, 1.807) is 12.1 Å². The molecule has 0 unspecified atom stereocenters. The number of aromatic nitrogens is 1. The molecule has 0 aliphatic heterocycles. The van der Waals surface area contributed by atoms with E-state index in [1.165, 1.54) is 6.07 Å². The van der Waals surface area contributed by atoms with E-state index >= 15 is 0 Å². The number of hydrogen-bond acceptors (Lipinski definition) is 5. The lowest BCUT2D eigenvalue weighted by atomic mass is 10.0. The Morgan fingerprint density at radius 2 is 2.21 bits per heavy atom. The number of hydrogen-bond donors (Lipinski definition) is 1. The number of anilines is 1. The van der Waals surface area contributed by atoms with E-state index in [-0.39, 0.29) is 5.69 Å². The molecule has 0 fully saturated rings. The van der Waals surface area contributed by atoms with E-state index < -0.39 is 4.92 Å². The van der Waals surface area contributed by atoms with Gasteiger partial charge < -0.3 is 10.3 Å². The van der Waals surface area contributed by atoms with Crippen LogP contribution in [0.5, 0.6) is 0 Å². The summed E-state index contributed by atoms with van der Waals surface area (Å²) in [5, 5.41) is 14.8. The van der Waals surface area contributed by atoms with Crippen LogP contribution in [0.4, 0.5) is 11.5 Å². The van der Waals surface area contributed by atoms with Gasteiger partial charge in [0.2, 0.25) is 0 Å². The lowest BCUT2D eigenvalue weighted by molar-refractivity contribution is -0.384. The summed E-state index contributed by atoms with van der Waals surface area (Å²) >= 11 is 0. The van der Waals surface area contributed by atoms with Crippen LogP contribution >= 0.6 is 0 Å². The molecule has 0 saturated carbocycles. The molecule has 6 nitrogen and oxygen atoms in total. The zero-order valence-electron chi connectivity index (χ0n) is 10.8. The van der Waals surface area contributed by atoms with Crippen molar-refractivity contribution in [2.24, 2.45) is 0 Å². The second-order valence-electron chi connectivity index (χ2n) is 4.40. The van der Waals surface area contributed by atoms with Crippen molar-refractivity contribution in [3.8, 4) is 11.3 Å². The van der Waals surface area contributed by atoms with Gasteiger partial charge in [0, 0.05) is 11.6 Å². The number of nitrogen functional groups attached to an aromatic ring is 1. The van der Waals surface area contributed by atoms with Crippen LogP contribution < -0.4 is 5.73 Å². The van der Waals surface area contributed by atoms with Crippen LogP contribution in [-0.4, -0.2) is 10.1 Å². The molecule has 0 aliphatic carbocycles. The molecule has 19 heavy (non-hydrogen) atoms. The van der Waals surface area contributed by atoms with Crippen LogP contribution in [0.3, 0.4) is 0 Å². The largest absolute Gasteiger partial charge is 0.381 e. The van der Waals surface area contributed by atoms with Crippen LogP contribution in [0, 0.1) is 17.0 Å². The topological polar surface area (TPSA) is 95.2 Å². The lowest BCUT2D eigenvalue weighted by Gasteiger charge is -2.03. The lowest BCUT2D eigenvalue weighted by Crippen LogP contribution is -1.96. The van der Waals surface area contributed by atoms with Crippen molar-refractivity contribution < 1.29 is 9.45 Å². The Labute approximate surface area is 110 Å². The summed E-state index contributed by atoms with van der Waals surface area (Å²) in [6, 6.07) is 4.89. The molecule has 1 heterocycles. The Kier molecular flexibility index (Phi) is 3.50. The number of nitro groups is 1. The Hall–Kier alpha value is -2.37. The quantitative estimate of drug-likeness (QED) is 0.674. The average molecular weight is 261 g/mol. The van der Waals surface area contributed by atoms with Gasteiger partial charge in [-0.25, -0.2) is 0 Å². The van der Waals surface area contributed by atoms with Gasteiger partial charge in [-0.2, -0.15) is 0 Å². The van der Waals surface area contributed by atoms with E-state index in [1.807, 2.05) is 13.8 Å². The minimum absolute atomic E-state index is 0.000830. The van der Waals surface area contributed by atoms with Gasteiger partial charge >= 0.3 is 0 Å². The van der Waals surface area contributed by atoms with Gasteiger partial charge in [0.15, 0.2) is 11.6 Å². The molecule has 0 aliphatic rings. The fourth-order valence-electron chi connectivity index (χ4n) is 2.02. The molecule has 0 amide bonds. The molecule has 0 atom stereocenters. The Morgan fingerprint density at radius 1 is 1.47 bits per heavy atom. The van der Waals surface area contributed by atoms with Crippen molar-refractivity contribution in [2.75, 3.05) is 5.73 Å². The van der Waals surface area contributed by atoms with Crippen LogP contribution in [0.2, 0.25) is 0 Å². The molecule has 2 N–H and O–H groups in total. The van der Waals surface area contributed by atoms with E-state index in [9.17, 15) is 10.1 Å². The summed E-state index contributed by atoms with van der Waals surface area (Å²) in [6.45, 7) is 3.87. The van der Waals surface area contributed by atoms with Crippen molar-refractivity contribution in [2.45, 2.75) is 26.7 Å². The van der Waals surface area contributed by atoms with Crippen LogP contribution in [0.25, 0.3) is 11.3 Å². The summed E-state index contributed by atoms with van der Waals surface area (Å²) < 4.78 is 5.20. The minimum Gasteiger partial charge on any atom is -0.381 e. The summed E-state index contributed by atoms with van der Waals surface area (Å²) in [4.78, 5) is 10.7. The van der Waals surface area contributed by atoms with Crippen molar-refractivity contribution in [1.82, 2.24) is 5.16 Å². The highest BCUT2D eigenvalue weighted by Crippen LogP contribution is 2.35. The van der Waals surface area contributed by atoms with Crippen LogP contribution in [-0.2, 0) is 6.42 Å². The summed E-state index contributed by atoms with van der Waals surface area (Å²) in [5.74, 6) is 0.697. The third-order valence-electron chi connectivity index (χ3n) is 2.91. The Balaban J connectivity index is 2.64. The zero-order valence-corrected chi connectivity index (χ0v) is 10.8. The van der Waals surface area contributed by atoms with Crippen molar-refractivity contribution in [1.29, 1.82) is 0 Å². The zero-order chi connectivity index (χ0) is 14.0. The van der Waals surface area contributed by atoms with E-state index in [4.69, 9.17) is 10.3 Å². The Bertz CT molecular complexity index is 620. The molecule has 0 radical (unpaired) electrons. The van der Waals surface area contributed by atoms with Crippen molar-refractivity contribution in [3.05, 3.63) is 39.4 Å². The van der Waals surface area contributed by atoms with Crippen molar-refractivity contribution >= 4 is 11.5 Å². The molecule has 6 heteroatoms. The van der Waals surface area contributed by atoms with E-state index in [0.717, 1.165) is 17.5 Å². The van der Waals surface area contributed by atoms with Crippen LogP contribution in [0.1, 0.15) is 24.5 Å². The van der Waals surface area contributed by atoms with Gasteiger partial charge in [-0.3, -0.25) is 10.1 Å². The first kappa shape index (κ1) is 13.1. The van der Waals surface area contributed by atoms with Crippen molar-refractivity contribution in [3.63, 3.8) is 0 Å². The normalized spacial score (nSPS) is 10.6. The number of nitrogens with two attached hydrogens (primary N) is 1. The number of aryl methyl sites for hydroxylation is 1. The number of benzene rings is 1. The average Bonchev–Trinajstić information content (AvgIpc) is 2.71. The first-order valence-electron chi connectivity index (χ1n) is 6.04. The highest BCUT2D eigenvalue weighted by atomic mass is 16.6. The molecular formula is C13H15N3O3. The third kappa shape index (κ3) is 2.42. The second kappa shape index (κ2) is 5.09. The molecule has 2 aromatic rings. The number of nitrogens with zero attached hydrogens (tertiary/aromatic N) is 2. The van der Waals surface area contributed by atoms with Gasteiger partial charge in [0.05, 0.1) is 10.5 Å². The molecular weight excluding hydrogens is 246 g/mol. The van der Waals surface area contributed by atoms with Gasteiger partial charge in [-0.05, 0) is 25.0 Å². The highest BCUT2D eigenvalue weighted by Gasteiger charge is 2.23. The molecule has 1 aromatic heterocycles. The minimum atomic E-state index is -0.427. The maximum atomic E-state index is 11.1. The summed E-state index contributed by atoms with van der Waals surface area (Å²) in [7, 11) is 0. The molecule has 0 saturated heterocycles. The summed E-state index contributed by atoms with van der Waals surface area (Å²) in [5.41, 5.74) is 7.83. The van der Waals surface area contributed by atoms with Gasteiger partial charge in [0.25, 0.3) is 5.69 Å². The van der Waals surface area contributed by atoms with E-state index in [0.29, 0.717) is 23.6 Å². The summed E-state index contributed by atoms with van der Waals surface area (Å²) in [6.07, 6.45) is 1.54. The molecule has 100 valence electrons. The number of nitro benzene ring substituents is 1. The maximum Gasteiger partial charge on any atom is 0.280 e. The monoisotopic (exact) mass is 261 g/mol. The fourth-order valence-corrected chi connectivity index (χ4v) is 2.02. The standard InChI is InChI=1S/C13H15N3O3/c1-3-4-9-12(19-15-13(9)14)10-7-8(2)5-6-11(10)16(17)18/h5-7H,3-4H2,1-2H3,(H2,14,15). The first-order chi connectivity index (χ1) is 9.04. The number of rotatable bonds is 4. The van der Waals surface area contributed by atoms with Crippen LogP contribution in [0.15, 0.2) is 22.7 Å². The van der Waals surface area contributed by atoms with Gasteiger partial charge in [-0.15, -0.1) is 0 Å². The Morgan fingerprint density at radius 3 is 2.84 bits per heavy atom. The van der Waals surface area contributed by atoms with E-state index in [2.05, 4.69) is 5.16 Å². The third-order valence-corrected chi connectivity index (χ3v) is 2.91. The smallest absolute Gasteiger partial charge is 0.280 e. The fraction of sp³-hybridized carbons (Fsp3) is 0.308. The SMILES string of the molecule is CCCc1c(N)noc1-c1cc(C)ccc1[N+](=O)[O-]. The molecule has 1 aromatic carbocycles. The second-order valence-corrected chi connectivity index (χ2v) is 4.40. The highest BCUT2D eigenvalue weighted by molar-refractivity contribution is 5.75. The van der Waals surface area contributed by atoms with Gasteiger partial charge in [0.1, 0.15) is 0 Å². The van der Waals surface area contributed by atoms with Gasteiger partial charge in [-0.1, -0.05) is 24.6 Å². The predicted molar refractivity (Wildman–Crippen MR) is 71.7 cm³/mol. The molecule has 2 rings (SSSR count). The first-order valence-corrected chi connectivity index (χ1v) is 6.04. The predicted octanol–water partition coefficient (Wildman–Crippen LogP) is 3.09. The maximum absolute atomic E-state index is 11.1.